The van der Waals surface area contributed by atoms with Gasteiger partial charge in [-0.2, -0.15) is 0 Å². The molecule has 2 heterocycles. The Hall–Kier alpha value is -3.55. The summed E-state index contributed by atoms with van der Waals surface area (Å²) in [5.74, 6) is 1.51. The Morgan fingerprint density at radius 1 is 1.06 bits per heavy atom. The third-order valence-corrected chi connectivity index (χ3v) is 5.08. The van der Waals surface area contributed by atoms with E-state index in [-0.39, 0.29) is 30.3 Å². The third-order valence-electron chi connectivity index (χ3n) is 5.08. The molecule has 162 valence electrons. The lowest BCUT2D eigenvalue weighted by atomic mass is 10.2. The Balaban J connectivity index is 1.57. The molecule has 0 aliphatic carbocycles. The quantitative estimate of drug-likeness (QED) is 0.636. The second kappa shape index (κ2) is 8.67. The summed E-state index contributed by atoms with van der Waals surface area (Å²) < 4.78 is 12.9. The lowest BCUT2D eigenvalue weighted by Crippen LogP contribution is -2.32. The van der Waals surface area contributed by atoms with Crippen LogP contribution in [0.25, 0.3) is 11.0 Å². The lowest BCUT2D eigenvalue weighted by Gasteiger charge is -2.19. The maximum atomic E-state index is 12.9. The van der Waals surface area contributed by atoms with Gasteiger partial charge in [0.25, 0.3) is 0 Å². The number of hydrogen-bond acceptors (Lipinski definition) is 5. The summed E-state index contributed by atoms with van der Waals surface area (Å²) in [6.45, 7) is 6.61. The van der Waals surface area contributed by atoms with Gasteiger partial charge in [0.05, 0.1) is 17.1 Å². The van der Waals surface area contributed by atoms with E-state index in [9.17, 15) is 9.59 Å². The number of benzene rings is 2. The van der Waals surface area contributed by atoms with Crippen LogP contribution < -0.4 is 20.1 Å². The van der Waals surface area contributed by atoms with E-state index in [1.54, 1.807) is 18.2 Å². The van der Waals surface area contributed by atoms with Crippen LogP contribution in [0, 0.1) is 5.92 Å². The van der Waals surface area contributed by atoms with E-state index in [2.05, 4.69) is 15.6 Å². The second-order valence-electron chi connectivity index (χ2n) is 7.84. The molecule has 2 aromatic carbocycles. The molecule has 0 radical (unpaired) electrons. The molecule has 1 aliphatic heterocycles. The Kier molecular flexibility index (Phi) is 5.79. The fourth-order valence-corrected chi connectivity index (χ4v) is 3.50. The number of carbonyl (C=O) groups excluding carboxylic acids is 2. The van der Waals surface area contributed by atoms with Crippen molar-refractivity contribution < 1.29 is 19.1 Å². The van der Waals surface area contributed by atoms with Crippen molar-refractivity contribution in [2.45, 2.75) is 33.4 Å². The Morgan fingerprint density at radius 3 is 2.58 bits per heavy atom. The molecule has 31 heavy (non-hydrogen) atoms. The maximum Gasteiger partial charge on any atom is 0.244 e. The zero-order valence-corrected chi connectivity index (χ0v) is 17.8. The number of imidazole rings is 1. The van der Waals surface area contributed by atoms with Gasteiger partial charge in [0.1, 0.15) is 25.6 Å². The van der Waals surface area contributed by atoms with Crippen molar-refractivity contribution in [3.63, 3.8) is 0 Å². The third kappa shape index (κ3) is 4.47. The number of ether oxygens (including phenoxy) is 2. The highest BCUT2D eigenvalue weighted by molar-refractivity contribution is 5.92. The summed E-state index contributed by atoms with van der Waals surface area (Å²) in [5.41, 5.74) is 2.23. The first-order valence-corrected chi connectivity index (χ1v) is 10.4. The largest absolute Gasteiger partial charge is 0.486 e. The van der Waals surface area contributed by atoms with Gasteiger partial charge in [-0.3, -0.25) is 9.59 Å². The first kappa shape index (κ1) is 20.7. The highest BCUT2D eigenvalue weighted by atomic mass is 16.6. The molecule has 1 aromatic heterocycles. The Labute approximate surface area is 180 Å². The van der Waals surface area contributed by atoms with Crippen molar-refractivity contribution >= 4 is 28.5 Å². The van der Waals surface area contributed by atoms with Crippen LogP contribution in [-0.4, -0.2) is 34.6 Å². The SMILES string of the molecule is CC(C)C(=O)NC(C)c1nc2ccccc2n1CC(=O)Nc1ccc2c(c1)OCCO2. The van der Waals surface area contributed by atoms with Gasteiger partial charge >= 0.3 is 0 Å². The molecule has 4 rings (SSSR count). The van der Waals surface area contributed by atoms with Gasteiger partial charge in [0, 0.05) is 17.7 Å². The van der Waals surface area contributed by atoms with Crippen LogP contribution in [0.4, 0.5) is 5.69 Å². The topological polar surface area (TPSA) is 94.5 Å². The summed E-state index contributed by atoms with van der Waals surface area (Å²) in [4.78, 5) is 29.7. The van der Waals surface area contributed by atoms with Crippen LogP contribution >= 0.6 is 0 Å². The number of para-hydroxylation sites is 2. The van der Waals surface area contributed by atoms with Crippen LogP contribution in [-0.2, 0) is 16.1 Å². The molecule has 8 heteroatoms. The second-order valence-corrected chi connectivity index (χ2v) is 7.84. The fraction of sp³-hybridized carbons (Fsp3) is 0.348. The van der Waals surface area contributed by atoms with Crippen LogP contribution in [0.3, 0.4) is 0 Å². The average Bonchev–Trinajstić information content (AvgIpc) is 3.12. The number of rotatable bonds is 6. The molecule has 8 nitrogen and oxygen atoms in total. The van der Waals surface area contributed by atoms with E-state index in [0.29, 0.717) is 36.2 Å². The van der Waals surface area contributed by atoms with E-state index in [1.807, 2.05) is 49.6 Å². The zero-order chi connectivity index (χ0) is 22.0. The predicted octanol–water partition coefficient (Wildman–Crippen LogP) is 3.28. The zero-order valence-electron chi connectivity index (χ0n) is 17.8. The summed E-state index contributed by atoms with van der Waals surface area (Å²) in [6, 6.07) is 12.6. The summed E-state index contributed by atoms with van der Waals surface area (Å²) >= 11 is 0. The standard InChI is InChI=1S/C23H26N4O4/c1-14(2)23(29)24-15(3)22-26-17-6-4-5-7-18(17)27(22)13-21(28)25-16-8-9-19-20(12-16)31-11-10-30-19/h4-9,12,14-15H,10-11,13H2,1-3H3,(H,24,29)(H,25,28). The number of hydrogen-bond donors (Lipinski definition) is 2. The number of nitrogens with zero attached hydrogens (tertiary/aromatic N) is 2. The predicted molar refractivity (Wildman–Crippen MR) is 117 cm³/mol. The normalized spacial score (nSPS) is 13.8. The van der Waals surface area contributed by atoms with Gasteiger partial charge in [-0.1, -0.05) is 26.0 Å². The van der Waals surface area contributed by atoms with Gasteiger partial charge in [0.15, 0.2) is 11.5 Å². The number of nitrogens with one attached hydrogen (secondary N) is 2. The monoisotopic (exact) mass is 422 g/mol. The molecule has 2 N–H and O–H groups in total. The van der Waals surface area contributed by atoms with Crippen molar-refractivity contribution in [1.82, 2.24) is 14.9 Å². The number of amides is 2. The van der Waals surface area contributed by atoms with Crippen LogP contribution in [0.1, 0.15) is 32.6 Å². The van der Waals surface area contributed by atoms with Crippen molar-refractivity contribution in [2.24, 2.45) is 5.92 Å². The van der Waals surface area contributed by atoms with E-state index in [1.165, 1.54) is 0 Å². The molecule has 1 aliphatic rings. The lowest BCUT2D eigenvalue weighted by molar-refractivity contribution is -0.124. The maximum absolute atomic E-state index is 12.9. The van der Waals surface area contributed by atoms with Crippen molar-refractivity contribution in [3.8, 4) is 11.5 Å². The average molecular weight is 422 g/mol. The minimum absolute atomic E-state index is 0.0617. The van der Waals surface area contributed by atoms with E-state index in [0.717, 1.165) is 11.0 Å². The molecule has 1 unspecified atom stereocenters. The summed E-state index contributed by atoms with van der Waals surface area (Å²) in [7, 11) is 0. The molecule has 3 aromatic rings. The van der Waals surface area contributed by atoms with Gasteiger partial charge in [-0.15, -0.1) is 0 Å². The number of anilines is 1. The van der Waals surface area contributed by atoms with Crippen molar-refractivity contribution in [3.05, 3.63) is 48.3 Å². The number of fused-ring (bicyclic) bond motifs is 2. The molecule has 0 spiro atoms. The van der Waals surface area contributed by atoms with E-state index >= 15 is 0 Å². The van der Waals surface area contributed by atoms with Crippen molar-refractivity contribution in [2.75, 3.05) is 18.5 Å². The molecule has 1 atom stereocenters. The summed E-state index contributed by atoms with van der Waals surface area (Å²) in [6.07, 6.45) is 0. The highest BCUT2D eigenvalue weighted by Crippen LogP contribution is 2.32. The van der Waals surface area contributed by atoms with Crippen LogP contribution in [0.5, 0.6) is 11.5 Å². The minimum atomic E-state index is -0.343. The molecular formula is C23H26N4O4. The minimum Gasteiger partial charge on any atom is -0.486 e. The molecule has 2 amide bonds. The van der Waals surface area contributed by atoms with Gasteiger partial charge < -0.3 is 24.7 Å². The van der Waals surface area contributed by atoms with Crippen molar-refractivity contribution in [1.29, 1.82) is 0 Å². The molecule has 0 saturated heterocycles. The van der Waals surface area contributed by atoms with Gasteiger partial charge in [0.2, 0.25) is 11.8 Å². The first-order chi connectivity index (χ1) is 14.9. The molecule has 0 fully saturated rings. The molecule has 0 saturated carbocycles. The number of aromatic nitrogens is 2. The van der Waals surface area contributed by atoms with Gasteiger partial charge in [-0.05, 0) is 31.2 Å². The highest BCUT2D eigenvalue weighted by Gasteiger charge is 2.21. The smallest absolute Gasteiger partial charge is 0.244 e. The van der Waals surface area contributed by atoms with E-state index in [4.69, 9.17) is 9.47 Å². The molecular weight excluding hydrogens is 396 g/mol. The van der Waals surface area contributed by atoms with Gasteiger partial charge in [-0.25, -0.2) is 4.98 Å². The van der Waals surface area contributed by atoms with Crippen LogP contribution in [0.15, 0.2) is 42.5 Å². The number of carbonyl (C=O) groups is 2. The fourth-order valence-electron chi connectivity index (χ4n) is 3.50. The Bertz CT molecular complexity index is 1120. The Morgan fingerprint density at radius 2 is 1.81 bits per heavy atom. The van der Waals surface area contributed by atoms with E-state index < -0.39 is 0 Å². The first-order valence-electron chi connectivity index (χ1n) is 10.4. The van der Waals surface area contributed by atoms with Crippen LogP contribution in [0.2, 0.25) is 0 Å². The molecule has 0 bridgehead atoms. The summed E-state index contributed by atoms with van der Waals surface area (Å²) in [5, 5.41) is 5.88.